The fraction of sp³-hybridized carbons (Fsp3) is 0.667. The monoisotopic (exact) mass is 171 g/mol. The van der Waals surface area contributed by atoms with Crippen molar-refractivity contribution in [1.29, 1.82) is 0 Å². The van der Waals surface area contributed by atoms with Gasteiger partial charge in [0.1, 0.15) is 5.70 Å². The molecule has 0 saturated carbocycles. The third kappa shape index (κ3) is 4.77. The van der Waals surface area contributed by atoms with Crippen molar-refractivity contribution >= 4 is 5.97 Å². The first kappa shape index (κ1) is 11.0. The number of carbonyl (C=O) groups excluding carboxylic acids is 1. The largest absolute Gasteiger partial charge is 0.458 e. The number of carbonyl (C=O) groups is 1. The Morgan fingerprint density at radius 2 is 1.83 bits per heavy atom. The highest BCUT2D eigenvalue weighted by atomic mass is 16.5. The quantitative estimate of drug-likeness (QED) is 0.516. The maximum Gasteiger partial charge on any atom is 0.354 e. The predicted octanol–water partition coefficient (Wildman–Crippen LogP) is 1.44. The van der Waals surface area contributed by atoms with Gasteiger partial charge in [-0.25, -0.2) is 4.79 Å². The lowest BCUT2D eigenvalue weighted by molar-refractivity contribution is -0.142. The van der Waals surface area contributed by atoms with Gasteiger partial charge in [-0.1, -0.05) is 19.9 Å². The molecule has 0 heterocycles. The molecule has 3 nitrogen and oxygen atoms in total. The van der Waals surface area contributed by atoms with Crippen LogP contribution >= 0.6 is 0 Å². The molecule has 0 aromatic rings. The number of esters is 1. The van der Waals surface area contributed by atoms with Crippen LogP contribution in [0.5, 0.6) is 0 Å². The number of hydrogen-bond donors (Lipinski definition) is 1. The van der Waals surface area contributed by atoms with Crippen LogP contribution in [0.15, 0.2) is 11.8 Å². The molecule has 0 aliphatic carbocycles. The summed E-state index contributed by atoms with van der Waals surface area (Å²) in [6.45, 7) is 7.49. The van der Waals surface area contributed by atoms with E-state index >= 15 is 0 Å². The van der Waals surface area contributed by atoms with Crippen LogP contribution in [0.1, 0.15) is 27.7 Å². The topological polar surface area (TPSA) is 52.3 Å². The minimum atomic E-state index is -0.432. The van der Waals surface area contributed by atoms with E-state index in [1.54, 1.807) is 19.9 Å². The SMILES string of the molecule is CC(C)/C=C(/N)C(=O)OC(C)C. The second kappa shape index (κ2) is 4.80. The van der Waals surface area contributed by atoms with Crippen LogP contribution in [0, 0.1) is 5.92 Å². The van der Waals surface area contributed by atoms with Crippen LogP contribution in [-0.2, 0) is 9.53 Å². The summed E-state index contributed by atoms with van der Waals surface area (Å²) in [5.74, 6) is -0.164. The van der Waals surface area contributed by atoms with E-state index in [-0.39, 0.29) is 17.7 Å². The molecule has 12 heavy (non-hydrogen) atoms. The molecule has 0 fully saturated rings. The van der Waals surface area contributed by atoms with Crippen LogP contribution in [-0.4, -0.2) is 12.1 Å². The first-order chi connectivity index (χ1) is 5.43. The summed E-state index contributed by atoms with van der Waals surface area (Å²) in [7, 11) is 0. The van der Waals surface area contributed by atoms with E-state index in [1.807, 2.05) is 13.8 Å². The molecule has 0 saturated heterocycles. The molecule has 0 aliphatic rings. The van der Waals surface area contributed by atoms with E-state index in [0.29, 0.717) is 0 Å². The summed E-state index contributed by atoms with van der Waals surface area (Å²) in [6, 6.07) is 0. The Morgan fingerprint density at radius 1 is 1.33 bits per heavy atom. The van der Waals surface area contributed by atoms with Crippen molar-refractivity contribution in [2.24, 2.45) is 11.7 Å². The Kier molecular flexibility index (Phi) is 4.40. The molecule has 2 N–H and O–H groups in total. The summed E-state index contributed by atoms with van der Waals surface area (Å²) in [5, 5.41) is 0. The van der Waals surface area contributed by atoms with Crippen molar-refractivity contribution < 1.29 is 9.53 Å². The molecule has 0 aliphatic heterocycles. The van der Waals surface area contributed by atoms with E-state index in [0.717, 1.165) is 0 Å². The summed E-state index contributed by atoms with van der Waals surface area (Å²) in [6.07, 6.45) is 1.57. The van der Waals surface area contributed by atoms with Crippen LogP contribution in [0.25, 0.3) is 0 Å². The van der Waals surface area contributed by atoms with E-state index in [9.17, 15) is 4.79 Å². The third-order valence-corrected chi connectivity index (χ3v) is 1.09. The number of rotatable bonds is 3. The first-order valence-corrected chi connectivity index (χ1v) is 4.11. The van der Waals surface area contributed by atoms with Crippen LogP contribution in [0.4, 0.5) is 0 Å². The minimum Gasteiger partial charge on any atom is -0.458 e. The highest BCUT2D eigenvalue weighted by molar-refractivity contribution is 5.87. The smallest absolute Gasteiger partial charge is 0.354 e. The van der Waals surface area contributed by atoms with Gasteiger partial charge in [0.25, 0.3) is 0 Å². The average Bonchev–Trinajstić information content (AvgIpc) is 1.84. The third-order valence-electron chi connectivity index (χ3n) is 1.09. The Hall–Kier alpha value is -0.990. The van der Waals surface area contributed by atoms with Gasteiger partial charge in [-0.2, -0.15) is 0 Å². The Labute approximate surface area is 73.6 Å². The fourth-order valence-corrected chi connectivity index (χ4v) is 0.709. The number of allylic oxidation sites excluding steroid dienone is 1. The molecular weight excluding hydrogens is 154 g/mol. The van der Waals surface area contributed by atoms with E-state index in [1.165, 1.54) is 0 Å². The lowest BCUT2D eigenvalue weighted by atomic mass is 10.2. The summed E-state index contributed by atoms with van der Waals surface area (Å²) < 4.78 is 4.88. The van der Waals surface area contributed by atoms with Crippen LogP contribution < -0.4 is 5.73 Å². The fourth-order valence-electron chi connectivity index (χ4n) is 0.709. The summed E-state index contributed by atoms with van der Waals surface area (Å²) >= 11 is 0. The number of ether oxygens (including phenoxy) is 1. The number of hydrogen-bond acceptors (Lipinski definition) is 3. The second-order valence-corrected chi connectivity index (χ2v) is 3.32. The molecule has 0 amide bonds. The molecule has 0 unspecified atom stereocenters. The van der Waals surface area contributed by atoms with Crippen molar-refractivity contribution in [3.05, 3.63) is 11.8 Å². The van der Waals surface area contributed by atoms with Gasteiger partial charge in [0.15, 0.2) is 0 Å². The van der Waals surface area contributed by atoms with Gasteiger partial charge in [-0.3, -0.25) is 0 Å². The first-order valence-electron chi connectivity index (χ1n) is 4.11. The highest BCUT2D eigenvalue weighted by Crippen LogP contribution is 2.00. The second-order valence-electron chi connectivity index (χ2n) is 3.32. The van der Waals surface area contributed by atoms with E-state index in [4.69, 9.17) is 10.5 Å². The Morgan fingerprint density at radius 3 is 2.17 bits per heavy atom. The summed E-state index contributed by atoms with van der Waals surface area (Å²) in [4.78, 5) is 11.1. The molecule has 0 aromatic carbocycles. The maximum atomic E-state index is 11.1. The zero-order valence-corrected chi connectivity index (χ0v) is 8.13. The number of nitrogens with two attached hydrogens (primary N) is 1. The molecule has 0 bridgehead atoms. The van der Waals surface area contributed by atoms with Gasteiger partial charge in [0, 0.05) is 0 Å². The van der Waals surface area contributed by atoms with Crippen molar-refractivity contribution in [2.75, 3.05) is 0 Å². The minimum absolute atomic E-state index is 0.114. The molecule has 0 atom stereocenters. The Bertz CT molecular complexity index is 183. The van der Waals surface area contributed by atoms with Crippen molar-refractivity contribution in [2.45, 2.75) is 33.8 Å². The van der Waals surface area contributed by atoms with Gasteiger partial charge in [0.2, 0.25) is 0 Å². The summed E-state index contributed by atoms with van der Waals surface area (Å²) in [5.41, 5.74) is 5.65. The maximum absolute atomic E-state index is 11.1. The zero-order valence-electron chi connectivity index (χ0n) is 8.13. The van der Waals surface area contributed by atoms with Crippen molar-refractivity contribution in [3.8, 4) is 0 Å². The lowest BCUT2D eigenvalue weighted by Crippen LogP contribution is -2.19. The molecule has 0 rings (SSSR count). The van der Waals surface area contributed by atoms with Gasteiger partial charge >= 0.3 is 5.97 Å². The van der Waals surface area contributed by atoms with E-state index in [2.05, 4.69) is 0 Å². The Balaban J connectivity index is 4.10. The molecular formula is C9H17NO2. The molecule has 3 heteroatoms. The normalized spacial score (nSPS) is 12.3. The zero-order chi connectivity index (χ0) is 9.72. The van der Waals surface area contributed by atoms with Crippen LogP contribution in [0.2, 0.25) is 0 Å². The predicted molar refractivity (Wildman–Crippen MR) is 48.3 cm³/mol. The van der Waals surface area contributed by atoms with Crippen LogP contribution in [0.3, 0.4) is 0 Å². The van der Waals surface area contributed by atoms with Gasteiger partial charge in [-0.05, 0) is 19.8 Å². The lowest BCUT2D eigenvalue weighted by Gasteiger charge is -2.08. The van der Waals surface area contributed by atoms with Gasteiger partial charge < -0.3 is 10.5 Å². The van der Waals surface area contributed by atoms with Crippen molar-refractivity contribution in [3.63, 3.8) is 0 Å². The highest BCUT2D eigenvalue weighted by Gasteiger charge is 2.08. The average molecular weight is 171 g/mol. The van der Waals surface area contributed by atoms with Gasteiger partial charge in [0.05, 0.1) is 6.10 Å². The van der Waals surface area contributed by atoms with E-state index < -0.39 is 5.97 Å². The molecule has 0 aromatic heterocycles. The molecule has 0 radical (unpaired) electrons. The van der Waals surface area contributed by atoms with Gasteiger partial charge in [-0.15, -0.1) is 0 Å². The standard InChI is InChI=1S/C9H17NO2/c1-6(2)5-8(10)9(11)12-7(3)4/h5-7H,10H2,1-4H3/b8-5+. The van der Waals surface area contributed by atoms with Crippen molar-refractivity contribution in [1.82, 2.24) is 0 Å². The molecule has 70 valence electrons. The molecule has 0 spiro atoms.